The minimum Gasteiger partial charge on any atom is -0.313 e. The molecule has 98 valence electrons. The molecule has 0 saturated carbocycles. The number of unbranched alkanes of at least 4 members (excludes halogenated alkanes) is 5. The van der Waals surface area contributed by atoms with Crippen molar-refractivity contribution < 1.29 is 0 Å². The van der Waals surface area contributed by atoms with Crippen LogP contribution in [0.3, 0.4) is 0 Å². The average Bonchev–Trinajstić information content (AvgIpc) is 2.42. The molecule has 1 rings (SSSR count). The SMILES string of the molecule is CCCCCCCCNCc1ccc(C#N)cc1. The molecule has 0 bridgehead atoms. The van der Waals surface area contributed by atoms with Gasteiger partial charge in [-0.3, -0.25) is 0 Å². The lowest BCUT2D eigenvalue weighted by atomic mass is 10.1. The summed E-state index contributed by atoms with van der Waals surface area (Å²) in [5, 5.41) is 12.1. The van der Waals surface area contributed by atoms with Crippen LogP contribution >= 0.6 is 0 Å². The van der Waals surface area contributed by atoms with Gasteiger partial charge < -0.3 is 5.32 Å². The van der Waals surface area contributed by atoms with Gasteiger partial charge in [-0.15, -0.1) is 0 Å². The zero-order valence-corrected chi connectivity index (χ0v) is 11.4. The predicted molar refractivity (Wildman–Crippen MR) is 76.2 cm³/mol. The largest absolute Gasteiger partial charge is 0.313 e. The molecule has 1 N–H and O–H groups in total. The summed E-state index contributed by atoms with van der Waals surface area (Å²) < 4.78 is 0. The second-order valence-electron chi connectivity index (χ2n) is 4.75. The van der Waals surface area contributed by atoms with E-state index in [1.54, 1.807) is 0 Å². The Kier molecular flexibility index (Phi) is 7.92. The fourth-order valence-corrected chi connectivity index (χ4v) is 1.96. The summed E-state index contributed by atoms with van der Waals surface area (Å²) in [4.78, 5) is 0. The number of nitrogens with one attached hydrogen (secondary N) is 1. The van der Waals surface area contributed by atoms with Crippen LogP contribution in [0.5, 0.6) is 0 Å². The van der Waals surface area contributed by atoms with E-state index in [0.717, 1.165) is 18.7 Å². The third-order valence-electron chi connectivity index (χ3n) is 3.12. The van der Waals surface area contributed by atoms with Crippen LogP contribution in [-0.4, -0.2) is 6.54 Å². The van der Waals surface area contributed by atoms with Crippen molar-refractivity contribution in [3.63, 3.8) is 0 Å². The summed E-state index contributed by atoms with van der Waals surface area (Å²) in [5.41, 5.74) is 1.98. The van der Waals surface area contributed by atoms with Gasteiger partial charge in [-0.25, -0.2) is 0 Å². The van der Waals surface area contributed by atoms with E-state index in [-0.39, 0.29) is 0 Å². The normalized spacial score (nSPS) is 10.2. The second kappa shape index (κ2) is 9.67. The van der Waals surface area contributed by atoms with Crippen molar-refractivity contribution in [3.8, 4) is 6.07 Å². The third-order valence-corrected chi connectivity index (χ3v) is 3.12. The number of benzene rings is 1. The Bertz CT molecular complexity index is 348. The van der Waals surface area contributed by atoms with E-state index >= 15 is 0 Å². The van der Waals surface area contributed by atoms with Crippen LogP contribution in [0.4, 0.5) is 0 Å². The van der Waals surface area contributed by atoms with Crippen LogP contribution in [0.1, 0.15) is 56.6 Å². The molecule has 2 heteroatoms. The second-order valence-corrected chi connectivity index (χ2v) is 4.75. The molecule has 18 heavy (non-hydrogen) atoms. The fraction of sp³-hybridized carbons (Fsp3) is 0.562. The van der Waals surface area contributed by atoms with E-state index in [0.29, 0.717) is 0 Å². The molecule has 0 aliphatic carbocycles. The molecule has 0 unspecified atom stereocenters. The maximum atomic E-state index is 8.70. The molecule has 0 heterocycles. The lowest BCUT2D eigenvalue weighted by Crippen LogP contribution is -2.14. The summed E-state index contributed by atoms with van der Waals surface area (Å²) >= 11 is 0. The average molecular weight is 244 g/mol. The van der Waals surface area contributed by atoms with Crippen LogP contribution in [0.2, 0.25) is 0 Å². The minimum atomic E-state index is 0.731. The molecule has 0 spiro atoms. The summed E-state index contributed by atoms with van der Waals surface area (Å²) in [7, 11) is 0. The summed E-state index contributed by atoms with van der Waals surface area (Å²) in [6.07, 6.45) is 8.04. The molecule has 0 amide bonds. The van der Waals surface area contributed by atoms with Crippen LogP contribution in [0.25, 0.3) is 0 Å². The Hall–Kier alpha value is -1.33. The lowest BCUT2D eigenvalue weighted by Gasteiger charge is -2.05. The van der Waals surface area contributed by atoms with Crippen LogP contribution in [0, 0.1) is 11.3 Å². The number of nitrogens with zero attached hydrogens (tertiary/aromatic N) is 1. The van der Waals surface area contributed by atoms with Crippen molar-refractivity contribution in [3.05, 3.63) is 35.4 Å². The lowest BCUT2D eigenvalue weighted by molar-refractivity contribution is 0.572. The van der Waals surface area contributed by atoms with Gasteiger partial charge in [0, 0.05) is 6.54 Å². The standard InChI is InChI=1S/C16H24N2/c1-2-3-4-5-6-7-12-18-14-16-10-8-15(13-17)9-11-16/h8-11,18H,2-7,12,14H2,1H3. The Balaban J connectivity index is 2.02. The third kappa shape index (κ3) is 6.42. The highest BCUT2D eigenvalue weighted by atomic mass is 14.8. The zero-order valence-electron chi connectivity index (χ0n) is 11.4. The number of hydrogen-bond donors (Lipinski definition) is 1. The molecule has 0 fully saturated rings. The fourth-order valence-electron chi connectivity index (χ4n) is 1.96. The smallest absolute Gasteiger partial charge is 0.0991 e. The van der Waals surface area contributed by atoms with Gasteiger partial charge in [-0.2, -0.15) is 5.26 Å². The monoisotopic (exact) mass is 244 g/mol. The van der Waals surface area contributed by atoms with Gasteiger partial charge in [-0.05, 0) is 30.7 Å². The number of hydrogen-bond acceptors (Lipinski definition) is 2. The molecule has 2 nitrogen and oxygen atoms in total. The first kappa shape index (κ1) is 14.7. The highest BCUT2D eigenvalue weighted by Gasteiger charge is 1.94. The maximum Gasteiger partial charge on any atom is 0.0991 e. The van der Waals surface area contributed by atoms with Gasteiger partial charge in [0.2, 0.25) is 0 Å². The van der Waals surface area contributed by atoms with E-state index < -0.39 is 0 Å². The molecular formula is C16H24N2. The first-order valence-corrected chi connectivity index (χ1v) is 7.06. The van der Waals surface area contributed by atoms with Crippen molar-refractivity contribution in [2.45, 2.75) is 52.0 Å². The van der Waals surface area contributed by atoms with E-state index in [1.165, 1.54) is 44.1 Å². The van der Waals surface area contributed by atoms with Crippen LogP contribution in [-0.2, 0) is 6.54 Å². The molecule has 0 saturated heterocycles. The summed E-state index contributed by atoms with van der Waals surface area (Å²) in [6.45, 7) is 4.24. The minimum absolute atomic E-state index is 0.731. The molecule has 1 aromatic rings. The Morgan fingerprint density at radius 2 is 1.67 bits per heavy atom. The molecule has 0 aliphatic heterocycles. The molecule has 0 aliphatic rings. The summed E-state index contributed by atoms with van der Waals surface area (Å²) in [5.74, 6) is 0. The molecule has 0 aromatic heterocycles. The van der Waals surface area contributed by atoms with Gasteiger partial charge in [0.05, 0.1) is 11.6 Å². The Morgan fingerprint density at radius 1 is 1.00 bits per heavy atom. The number of rotatable bonds is 9. The molecule has 0 radical (unpaired) electrons. The van der Waals surface area contributed by atoms with Crippen molar-refractivity contribution in [2.24, 2.45) is 0 Å². The van der Waals surface area contributed by atoms with Gasteiger partial charge in [0.1, 0.15) is 0 Å². The van der Waals surface area contributed by atoms with Crippen LogP contribution in [0.15, 0.2) is 24.3 Å². The molecule has 1 aromatic carbocycles. The van der Waals surface area contributed by atoms with E-state index in [9.17, 15) is 0 Å². The van der Waals surface area contributed by atoms with Crippen molar-refractivity contribution in [1.82, 2.24) is 5.32 Å². The zero-order chi connectivity index (χ0) is 13.1. The van der Waals surface area contributed by atoms with E-state index in [1.807, 2.05) is 24.3 Å². The molecule has 0 atom stereocenters. The summed E-state index contributed by atoms with van der Waals surface area (Å²) in [6, 6.07) is 9.93. The van der Waals surface area contributed by atoms with Crippen LogP contribution < -0.4 is 5.32 Å². The Morgan fingerprint density at radius 3 is 2.33 bits per heavy atom. The highest BCUT2D eigenvalue weighted by molar-refractivity contribution is 5.31. The van der Waals surface area contributed by atoms with Crippen molar-refractivity contribution in [2.75, 3.05) is 6.54 Å². The first-order valence-electron chi connectivity index (χ1n) is 7.06. The van der Waals surface area contributed by atoms with Crippen molar-refractivity contribution >= 4 is 0 Å². The molecular weight excluding hydrogens is 220 g/mol. The van der Waals surface area contributed by atoms with Gasteiger partial charge >= 0.3 is 0 Å². The maximum absolute atomic E-state index is 8.70. The van der Waals surface area contributed by atoms with E-state index in [2.05, 4.69) is 18.3 Å². The van der Waals surface area contributed by atoms with E-state index in [4.69, 9.17) is 5.26 Å². The van der Waals surface area contributed by atoms with Gasteiger partial charge in [0.25, 0.3) is 0 Å². The quantitative estimate of drug-likeness (QED) is 0.666. The first-order chi connectivity index (χ1) is 8.86. The van der Waals surface area contributed by atoms with Gasteiger partial charge in [-0.1, -0.05) is 51.2 Å². The predicted octanol–water partition coefficient (Wildman–Crippen LogP) is 4.01. The topological polar surface area (TPSA) is 35.8 Å². The highest BCUT2D eigenvalue weighted by Crippen LogP contribution is 2.05. The number of nitriles is 1. The van der Waals surface area contributed by atoms with Crippen molar-refractivity contribution in [1.29, 1.82) is 5.26 Å². The Labute approximate surface area is 111 Å². The van der Waals surface area contributed by atoms with Gasteiger partial charge in [0.15, 0.2) is 0 Å².